The number of nitrogens with zero attached hydrogens (tertiary/aromatic N) is 3. The molecule has 2 aromatic rings. The molecule has 4 heterocycles. The Kier molecular flexibility index (Phi) is 8.15. The van der Waals surface area contributed by atoms with Gasteiger partial charge < -0.3 is 14.7 Å². The van der Waals surface area contributed by atoms with Gasteiger partial charge >= 0.3 is 0 Å². The number of hydrogen-bond donors (Lipinski definition) is 6. The molecule has 0 aromatic heterocycles. The fourth-order valence-corrected chi connectivity index (χ4v) is 6.67. The van der Waals surface area contributed by atoms with Gasteiger partial charge in [-0.15, -0.1) is 0 Å². The van der Waals surface area contributed by atoms with Crippen LogP contribution < -0.4 is 41.7 Å². The molecule has 0 spiro atoms. The molecule has 6 rings (SSSR count). The van der Waals surface area contributed by atoms with Crippen molar-refractivity contribution in [3.05, 3.63) is 84.6 Å². The summed E-state index contributed by atoms with van der Waals surface area (Å²) in [5.74, 6) is 0. The molecule has 0 radical (unpaired) electrons. The first-order valence-corrected chi connectivity index (χ1v) is 14.4. The van der Waals surface area contributed by atoms with Gasteiger partial charge in [-0.25, -0.2) is 0 Å². The van der Waals surface area contributed by atoms with Crippen molar-refractivity contribution in [2.75, 3.05) is 29.8 Å². The van der Waals surface area contributed by atoms with Gasteiger partial charge in [-0.1, -0.05) is 48.6 Å². The second kappa shape index (κ2) is 12.1. The van der Waals surface area contributed by atoms with E-state index in [0.717, 1.165) is 39.3 Å². The molecule has 4 aliphatic rings. The molecule has 0 amide bonds. The number of benzene rings is 2. The molecule has 0 aliphatic carbocycles. The summed E-state index contributed by atoms with van der Waals surface area (Å²) in [6, 6.07) is 21.8. The molecule has 6 unspecified atom stereocenters. The predicted octanol–water partition coefficient (Wildman–Crippen LogP) is 2.37. The number of fused-ring (bicyclic) bond motifs is 6. The molecule has 6 N–H and O–H groups in total. The van der Waals surface area contributed by atoms with E-state index in [0.29, 0.717) is 0 Å². The van der Waals surface area contributed by atoms with E-state index in [2.05, 4.69) is 139 Å². The first-order valence-electron chi connectivity index (χ1n) is 14.4. The monoisotopic (exact) mass is 529 g/mol. The number of allylic oxidation sites excluding steroid dienone is 4. The van der Waals surface area contributed by atoms with Crippen LogP contribution in [-0.2, 0) is 0 Å². The van der Waals surface area contributed by atoms with Crippen LogP contribution >= 0.6 is 0 Å². The quantitative estimate of drug-likeness (QED) is 0.335. The van der Waals surface area contributed by atoms with Crippen LogP contribution in [0.5, 0.6) is 0 Å². The van der Waals surface area contributed by atoms with Gasteiger partial charge in [0.05, 0.1) is 37.0 Å². The number of nitrogens with one attached hydrogen (secondary N) is 6. The van der Waals surface area contributed by atoms with E-state index in [1.54, 1.807) is 0 Å². The van der Waals surface area contributed by atoms with Gasteiger partial charge in [0.1, 0.15) is 0 Å². The average Bonchev–Trinajstić information content (AvgIpc) is 2.98. The van der Waals surface area contributed by atoms with Gasteiger partial charge in [-0.05, 0) is 44.2 Å². The lowest BCUT2D eigenvalue weighted by Crippen LogP contribution is -2.74. The number of hydrogen-bond acceptors (Lipinski definition) is 9. The summed E-state index contributed by atoms with van der Waals surface area (Å²) in [5, 5.41) is 22.8. The maximum atomic E-state index is 3.80. The van der Waals surface area contributed by atoms with Crippen LogP contribution in [-0.4, -0.2) is 61.9 Å². The third kappa shape index (κ3) is 5.56. The highest BCUT2D eigenvalue weighted by Gasteiger charge is 2.42. The summed E-state index contributed by atoms with van der Waals surface area (Å²) in [7, 11) is 0. The highest BCUT2D eigenvalue weighted by molar-refractivity contribution is 5.50. The van der Waals surface area contributed by atoms with E-state index in [4.69, 9.17) is 0 Å². The lowest BCUT2D eigenvalue weighted by molar-refractivity contribution is 0.0573. The van der Waals surface area contributed by atoms with Crippen LogP contribution in [0.2, 0.25) is 0 Å². The molecule has 2 aromatic carbocycles. The van der Waals surface area contributed by atoms with Crippen LogP contribution in [0.25, 0.3) is 0 Å². The third-order valence-electron chi connectivity index (χ3n) is 8.43. The minimum atomic E-state index is 0.172. The van der Waals surface area contributed by atoms with Crippen molar-refractivity contribution in [1.82, 2.24) is 36.8 Å². The maximum Gasteiger partial charge on any atom is 0.0854 e. The lowest BCUT2D eigenvalue weighted by atomic mass is 10.0. The largest absolute Gasteiger partial charge is 0.344 e. The number of para-hydroxylation sites is 2. The zero-order valence-corrected chi connectivity index (χ0v) is 23.1. The van der Waals surface area contributed by atoms with E-state index in [9.17, 15) is 0 Å². The average molecular weight is 530 g/mol. The van der Waals surface area contributed by atoms with Crippen LogP contribution in [0.4, 0.5) is 11.4 Å². The van der Waals surface area contributed by atoms with Crippen LogP contribution in [0.15, 0.2) is 84.6 Å². The summed E-state index contributed by atoms with van der Waals surface area (Å²) in [6.45, 7) is 6.58. The Balaban J connectivity index is 1.45. The Morgan fingerprint density at radius 1 is 0.615 bits per heavy atom. The van der Waals surface area contributed by atoms with Crippen molar-refractivity contribution < 1.29 is 0 Å². The van der Waals surface area contributed by atoms with Gasteiger partial charge in [0.15, 0.2) is 0 Å². The van der Waals surface area contributed by atoms with Crippen LogP contribution in [0.3, 0.4) is 0 Å². The van der Waals surface area contributed by atoms with E-state index in [-0.39, 0.29) is 37.0 Å². The van der Waals surface area contributed by atoms with Crippen molar-refractivity contribution >= 4 is 11.4 Å². The predicted molar refractivity (Wildman–Crippen MR) is 158 cm³/mol. The smallest absolute Gasteiger partial charge is 0.0854 e. The van der Waals surface area contributed by atoms with E-state index >= 15 is 0 Å². The molecule has 208 valence electrons. The Hall–Kier alpha value is -2.92. The summed E-state index contributed by atoms with van der Waals surface area (Å²) < 4.78 is 0. The Bertz CT molecular complexity index is 1050. The SMILES string of the molecule is CC=CC=C(C)N1C2CC(NCN2)N(c2ccccc2)C2CC(NCN2)N(c2ccccc2)C2CC1NCN2. The summed E-state index contributed by atoms with van der Waals surface area (Å²) in [4.78, 5) is 7.73. The summed E-state index contributed by atoms with van der Waals surface area (Å²) >= 11 is 0. The molecular weight excluding hydrogens is 486 g/mol. The first kappa shape index (κ1) is 26.3. The molecule has 6 bridgehead atoms. The highest BCUT2D eigenvalue weighted by Crippen LogP contribution is 2.32. The molecule has 0 saturated carbocycles. The first-order chi connectivity index (χ1) is 19.2. The summed E-state index contributed by atoms with van der Waals surface area (Å²) in [5.41, 5.74) is 3.73. The molecule has 6 atom stereocenters. The third-order valence-corrected chi connectivity index (χ3v) is 8.43. The zero-order chi connectivity index (χ0) is 26.6. The lowest BCUT2D eigenvalue weighted by Gasteiger charge is -2.55. The molecule has 4 aliphatic heterocycles. The topological polar surface area (TPSA) is 81.9 Å². The van der Waals surface area contributed by atoms with E-state index in [1.165, 1.54) is 17.1 Å². The van der Waals surface area contributed by atoms with Gasteiger partial charge in [0, 0.05) is 56.3 Å². The molecular formula is C30H43N9. The second-order valence-electron chi connectivity index (χ2n) is 10.8. The van der Waals surface area contributed by atoms with E-state index < -0.39 is 0 Å². The van der Waals surface area contributed by atoms with Gasteiger partial charge in [0.2, 0.25) is 0 Å². The van der Waals surface area contributed by atoms with Crippen LogP contribution in [0, 0.1) is 0 Å². The summed E-state index contributed by atoms with van der Waals surface area (Å²) in [6.07, 6.45) is 10.4. The fraction of sp³-hybridized carbons (Fsp3) is 0.467. The molecule has 9 heteroatoms. The molecule has 4 saturated heterocycles. The second-order valence-corrected chi connectivity index (χ2v) is 10.8. The Morgan fingerprint density at radius 2 is 1.00 bits per heavy atom. The van der Waals surface area contributed by atoms with Gasteiger partial charge in [-0.3, -0.25) is 31.9 Å². The van der Waals surface area contributed by atoms with Crippen molar-refractivity contribution in [1.29, 1.82) is 0 Å². The minimum Gasteiger partial charge on any atom is -0.344 e. The Labute approximate surface area is 232 Å². The Morgan fingerprint density at radius 3 is 1.41 bits per heavy atom. The normalized spacial score (nSPS) is 32.1. The van der Waals surface area contributed by atoms with Crippen LogP contribution in [0.1, 0.15) is 33.1 Å². The fourth-order valence-electron chi connectivity index (χ4n) is 6.67. The standard InChI is InChI=1S/C30H43N9/c1-3-4-11-22(2)37-25-16-27(33-19-31-25)38(23-12-7-5-8-13-23)29-18-30(36-21-35-29)39(24-14-9-6-10-15-24)28-17-26(37)32-20-34-28/h3-15,25-36H,16-21H2,1-2H3. The maximum absolute atomic E-state index is 3.80. The molecule has 4 fully saturated rings. The van der Waals surface area contributed by atoms with Crippen molar-refractivity contribution in [3.63, 3.8) is 0 Å². The number of rotatable bonds is 4. The van der Waals surface area contributed by atoms with E-state index in [1.807, 2.05) is 0 Å². The van der Waals surface area contributed by atoms with Gasteiger partial charge in [-0.2, -0.15) is 0 Å². The zero-order valence-electron chi connectivity index (χ0n) is 23.1. The van der Waals surface area contributed by atoms with Crippen molar-refractivity contribution in [2.24, 2.45) is 0 Å². The highest BCUT2D eigenvalue weighted by atomic mass is 15.5. The van der Waals surface area contributed by atoms with Crippen molar-refractivity contribution in [3.8, 4) is 0 Å². The molecule has 9 nitrogen and oxygen atoms in total. The molecule has 39 heavy (non-hydrogen) atoms. The number of anilines is 2. The van der Waals surface area contributed by atoms with Gasteiger partial charge in [0.25, 0.3) is 0 Å². The minimum absolute atomic E-state index is 0.172. The van der Waals surface area contributed by atoms with Crippen molar-refractivity contribution in [2.45, 2.75) is 70.1 Å².